The van der Waals surface area contributed by atoms with Crippen LogP contribution in [0.3, 0.4) is 0 Å². The summed E-state index contributed by atoms with van der Waals surface area (Å²) in [5.41, 5.74) is 1.32. The lowest BCUT2D eigenvalue weighted by Gasteiger charge is -2.29. The molecule has 1 amide bonds. The first-order chi connectivity index (χ1) is 19.2. The number of aliphatic hydroxyl groups is 1. The number of carbonyl (C=O) groups excluding carboxylic acids is 1. The standard InChI is InChI=1S/C25H28F3N9O3/c1-14-8-36(33-30-14)20-4-5-21(40-3)22(26)18(20)7-29-25(39)19-12-35(32-23(19)24(27)28)9-15-6-16-10-34(2)11-17(13-38)37(16)31-15/h4-6,8,12,17,24,38H,7,9-11,13H2,1-3H3,(H,29,39). The molecule has 4 aromatic rings. The molecule has 0 aliphatic carbocycles. The number of fused-ring (bicyclic) bond motifs is 1. The number of aromatic nitrogens is 7. The summed E-state index contributed by atoms with van der Waals surface area (Å²) in [7, 11) is 3.24. The number of aliphatic hydroxyl groups excluding tert-OH is 1. The minimum Gasteiger partial charge on any atom is -0.494 e. The van der Waals surface area contributed by atoms with Crippen molar-refractivity contribution < 1.29 is 27.8 Å². The van der Waals surface area contributed by atoms with Gasteiger partial charge in [0.15, 0.2) is 11.6 Å². The molecule has 5 rings (SSSR count). The molecular formula is C25H28F3N9O3. The van der Waals surface area contributed by atoms with Gasteiger partial charge in [0, 0.05) is 31.4 Å². The van der Waals surface area contributed by atoms with Gasteiger partial charge in [0.25, 0.3) is 12.3 Å². The van der Waals surface area contributed by atoms with Gasteiger partial charge >= 0.3 is 0 Å². The summed E-state index contributed by atoms with van der Waals surface area (Å²) in [5, 5.41) is 28.5. The van der Waals surface area contributed by atoms with Gasteiger partial charge < -0.3 is 15.2 Å². The van der Waals surface area contributed by atoms with Crippen molar-refractivity contribution in [1.82, 2.24) is 44.8 Å². The van der Waals surface area contributed by atoms with Crippen LogP contribution in [0.15, 0.2) is 30.6 Å². The first-order valence-electron chi connectivity index (χ1n) is 12.4. The highest BCUT2D eigenvalue weighted by atomic mass is 19.3. The maximum absolute atomic E-state index is 15.2. The number of hydrogen-bond acceptors (Lipinski definition) is 8. The smallest absolute Gasteiger partial charge is 0.282 e. The van der Waals surface area contributed by atoms with Crippen LogP contribution in [0.4, 0.5) is 13.2 Å². The summed E-state index contributed by atoms with van der Waals surface area (Å²) in [6.07, 6.45) is -0.221. The molecule has 0 saturated carbocycles. The number of likely N-dealkylation sites (N-methyl/N-ethyl adjacent to an activating group) is 1. The maximum atomic E-state index is 15.2. The normalized spacial score (nSPS) is 15.4. The van der Waals surface area contributed by atoms with Gasteiger partial charge in [-0.2, -0.15) is 10.2 Å². The molecule has 4 heterocycles. The van der Waals surface area contributed by atoms with Gasteiger partial charge in [-0.3, -0.25) is 19.1 Å². The zero-order valence-corrected chi connectivity index (χ0v) is 22.1. The Morgan fingerprint density at radius 2 is 2.08 bits per heavy atom. The molecule has 40 heavy (non-hydrogen) atoms. The van der Waals surface area contributed by atoms with Gasteiger partial charge in [-0.05, 0) is 32.2 Å². The maximum Gasteiger partial charge on any atom is 0.282 e. The highest BCUT2D eigenvalue weighted by Crippen LogP contribution is 2.27. The van der Waals surface area contributed by atoms with E-state index in [2.05, 4.69) is 25.8 Å². The lowest BCUT2D eigenvalue weighted by atomic mass is 10.1. The fourth-order valence-electron chi connectivity index (χ4n) is 4.79. The summed E-state index contributed by atoms with van der Waals surface area (Å²) < 4.78 is 52.3. The number of hydrogen-bond donors (Lipinski definition) is 2. The monoisotopic (exact) mass is 559 g/mol. The number of benzene rings is 1. The number of methoxy groups -OCH3 is 1. The molecular weight excluding hydrogens is 531 g/mol. The number of amides is 1. The summed E-state index contributed by atoms with van der Waals surface area (Å²) in [4.78, 5) is 15.1. The Hall–Kier alpha value is -4.24. The minimum atomic E-state index is -3.02. The number of rotatable bonds is 9. The van der Waals surface area contributed by atoms with Crippen LogP contribution in [-0.4, -0.2) is 77.8 Å². The van der Waals surface area contributed by atoms with Crippen LogP contribution in [0, 0.1) is 12.7 Å². The van der Waals surface area contributed by atoms with Gasteiger partial charge in [0.2, 0.25) is 0 Å². The van der Waals surface area contributed by atoms with Crippen LogP contribution in [0.1, 0.15) is 51.2 Å². The van der Waals surface area contributed by atoms with Crippen molar-refractivity contribution in [3.63, 3.8) is 0 Å². The number of ether oxygens (including phenoxy) is 1. The summed E-state index contributed by atoms with van der Waals surface area (Å²) in [6, 6.07) is 4.58. The second-order valence-electron chi connectivity index (χ2n) is 9.60. The van der Waals surface area contributed by atoms with E-state index in [-0.39, 0.29) is 42.6 Å². The molecule has 3 aromatic heterocycles. The second kappa shape index (κ2) is 11.1. The number of alkyl halides is 2. The minimum absolute atomic E-state index is 0.0369. The van der Waals surface area contributed by atoms with E-state index in [9.17, 15) is 18.7 Å². The lowest BCUT2D eigenvalue weighted by Crippen LogP contribution is -2.36. The molecule has 15 heteroatoms. The average molecular weight is 560 g/mol. The highest BCUT2D eigenvalue weighted by molar-refractivity contribution is 5.95. The average Bonchev–Trinajstić information content (AvgIpc) is 3.65. The molecule has 0 spiro atoms. The lowest BCUT2D eigenvalue weighted by molar-refractivity contribution is 0.0935. The van der Waals surface area contributed by atoms with Crippen molar-refractivity contribution in [3.8, 4) is 11.4 Å². The Bertz CT molecular complexity index is 1530. The van der Waals surface area contributed by atoms with E-state index in [1.807, 2.05) is 18.0 Å². The zero-order valence-electron chi connectivity index (χ0n) is 22.1. The van der Waals surface area contributed by atoms with E-state index in [4.69, 9.17) is 4.74 Å². The van der Waals surface area contributed by atoms with Crippen molar-refractivity contribution in [1.29, 1.82) is 0 Å². The van der Waals surface area contributed by atoms with Gasteiger partial charge in [-0.15, -0.1) is 5.10 Å². The molecule has 1 unspecified atom stereocenters. The number of halogens is 3. The van der Waals surface area contributed by atoms with Crippen LogP contribution < -0.4 is 10.1 Å². The van der Waals surface area contributed by atoms with E-state index in [0.29, 0.717) is 30.2 Å². The SMILES string of the molecule is COc1ccc(-n2cc(C)nn2)c(CNC(=O)c2cn(Cc3cc4n(n3)C(CO)CN(C)C4)nc2C(F)F)c1F. The Kier molecular flexibility index (Phi) is 7.58. The Balaban J connectivity index is 1.38. The Labute approximate surface area is 226 Å². The predicted molar refractivity (Wildman–Crippen MR) is 135 cm³/mol. The van der Waals surface area contributed by atoms with E-state index < -0.39 is 23.8 Å². The molecule has 212 valence electrons. The Morgan fingerprint density at radius 3 is 2.75 bits per heavy atom. The third kappa shape index (κ3) is 5.29. The third-order valence-corrected chi connectivity index (χ3v) is 6.62. The summed E-state index contributed by atoms with van der Waals surface area (Å²) in [5.74, 6) is -1.63. The van der Waals surface area contributed by atoms with Crippen LogP contribution in [-0.2, 0) is 19.6 Å². The molecule has 1 aliphatic heterocycles. The van der Waals surface area contributed by atoms with Crippen LogP contribution in [0.2, 0.25) is 0 Å². The van der Waals surface area contributed by atoms with E-state index in [1.165, 1.54) is 28.7 Å². The first-order valence-corrected chi connectivity index (χ1v) is 12.4. The largest absolute Gasteiger partial charge is 0.494 e. The third-order valence-electron chi connectivity index (χ3n) is 6.62. The van der Waals surface area contributed by atoms with Gasteiger partial charge in [-0.1, -0.05) is 5.21 Å². The molecule has 0 saturated heterocycles. The first kappa shape index (κ1) is 27.3. The fourth-order valence-corrected chi connectivity index (χ4v) is 4.79. The summed E-state index contributed by atoms with van der Waals surface area (Å²) in [6.45, 7) is 2.57. The molecule has 1 aliphatic rings. The Morgan fingerprint density at radius 1 is 1.27 bits per heavy atom. The number of aryl methyl sites for hydroxylation is 1. The zero-order chi connectivity index (χ0) is 28.6. The van der Waals surface area contributed by atoms with Gasteiger partial charge in [0.05, 0.1) is 60.8 Å². The van der Waals surface area contributed by atoms with Gasteiger partial charge in [-0.25, -0.2) is 17.9 Å². The number of nitrogens with zero attached hydrogens (tertiary/aromatic N) is 8. The van der Waals surface area contributed by atoms with Crippen LogP contribution in [0.25, 0.3) is 5.69 Å². The van der Waals surface area contributed by atoms with Crippen molar-refractivity contribution in [3.05, 3.63) is 70.3 Å². The fraction of sp³-hybridized carbons (Fsp3) is 0.400. The number of nitrogens with one attached hydrogen (secondary N) is 1. The van der Waals surface area contributed by atoms with E-state index in [1.54, 1.807) is 23.9 Å². The topological polar surface area (TPSA) is 128 Å². The van der Waals surface area contributed by atoms with Crippen molar-refractivity contribution in [2.45, 2.75) is 39.0 Å². The van der Waals surface area contributed by atoms with E-state index in [0.717, 1.165) is 5.69 Å². The number of carbonyl (C=O) groups is 1. The highest BCUT2D eigenvalue weighted by Gasteiger charge is 2.27. The molecule has 12 nitrogen and oxygen atoms in total. The van der Waals surface area contributed by atoms with Crippen molar-refractivity contribution in [2.75, 3.05) is 27.3 Å². The van der Waals surface area contributed by atoms with Gasteiger partial charge in [0.1, 0.15) is 5.69 Å². The molecule has 1 aromatic carbocycles. The molecule has 1 atom stereocenters. The van der Waals surface area contributed by atoms with Crippen LogP contribution >= 0.6 is 0 Å². The van der Waals surface area contributed by atoms with Crippen LogP contribution in [0.5, 0.6) is 5.75 Å². The quantitative estimate of drug-likeness (QED) is 0.319. The van der Waals surface area contributed by atoms with Crippen molar-refractivity contribution >= 4 is 5.91 Å². The van der Waals surface area contributed by atoms with Crippen molar-refractivity contribution in [2.24, 2.45) is 0 Å². The predicted octanol–water partition coefficient (Wildman–Crippen LogP) is 2.01. The summed E-state index contributed by atoms with van der Waals surface area (Å²) >= 11 is 0. The molecule has 2 N–H and O–H groups in total. The molecule has 0 bridgehead atoms. The molecule has 0 radical (unpaired) electrons. The molecule has 0 fully saturated rings. The second-order valence-corrected chi connectivity index (χ2v) is 9.60. The van der Waals surface area contributed by atoms with E-state index >= 15 is 4.39 Å².